The van der Waals surface area contributed by atoms with Gasteiger partial charge in [0.15, 0.2) is 18.2 Å². The maximum atomic E-state index is 14.5. The zero-order valence-corrected chi connectivity index (χ0v) is 18.2. The van der Waals surface area contributed by atoms with E-state index in [4.69, 9.17) is 9.47 Å². The fourth-order valence-electron chi connectivity index (χ4n) is 4.03. The summed E-state index contributed by atoms with van der Waals surface area (Å²) in [6.07, 6.45) is 0.530. The molecule has 0 saturated carbocycles. The van der Waals surface area contributed by atoms with E-state index in [0.29, 0.717) is 47.7 Å². The molecule has 1 saturated heterocycles. The largest absolute Gasteiger partial charge is 0.480 e. The van der Waals surface area contributed by atoms with Crippen molar-refractivity contribution < 1.29 is 23.5 Å². The molecule has 0 radical (unpaired) electrons. The van der Waals surface area contributed by atoms with Gasteiger partial charge in [0.2, 0.25) is 0 Å². The van der Waals surface area contributed by atoms with Crippen LogP contribution in [0, 0.1) is 5.82 Å². The summed E-state index contributed by atoms with van der Waals surface area (Å²) in [6.45, 7) is 0.917. The van der Waals surface area contributed by atoms with Gasteiger partial charge in [0.25, 0.3) is 11.5 Å². The third kappa shape index (κ3) is 4.03. The van der Waals surface area contributed by atoms with E-state index in [1.54, 1.807) is 25.2 Å². The highest BCUT2D eigenvalue weighted by molar-refractivity contribution is 5.95. The number of aryl methyl sites for hydroxylation is 1. The molecule has 34 heavy (non-hydrogen) atoms. The predicted octanol–water partition coefficient (Wildman–Crippen LogP) is 0.956. The van der Waals surface area contributed by atoms with E-state index in [0.717, 1.165) is 0 Å². The Morgan fingerprint density at radius 1 is 1.24 bits per heavy atom. The zero-order chi connectivity index (χ0) is 23.8. The van der Waals surface area contributed by atoms with Crippen LogP contribution in [-0.4, -0.2) is 58.9 Å². The highest BCUT2D eigenvalue weighted by Crippen LogP contribution is 2.30. The van der Waals surface area contributed by atoms with Crippen LogP contribution in [0.25, 0.3) is 11.0 Å². The topological polar surface area (TPSA) is 128 Å². The molecule has 2 aliphatic heterocycles. The van der Waals surface area contributed by atoms with Crippen LogP contribution in [0.15, 0.2) is 35.3 Å². The molecule has 4 heterocycles. The molecular formula is C22H21FN6O5. The molecule has 176 valence electrons. The summed E-state index contributed by atoms with van der Waals surface area (Å²) >= 11 is 0. The fraction of sp³-hybridized carbons (Fsp3) is 0.318. The standard InChI is InChI=1S/C22H21FN6O5/c1-28-19(31)9-25-15-3-2-14(23)13(20(15)28)6-7-24-8-12-10-29(22(32)34-12)17-5-4-16-21(26-17)27-18(30)11-33-16/h2-5,9,12,24H,6-8,10-11H2,1H3,(H,26,27,30). The minimum atomic E-state index is -0.552. The number of carbonyl (C=O) groups excluding carboxylic acids is 2. The lowest BCUT2D eigenvalue weighted by Crippen LogP contribution is -2.32. The van der Waals surface area contributed by atoms with Crippen LogP contribution in [0.3, 0.4) is 0 Å². The van der Waals surface area contributed by atoms with Gasteiger partial charge >= 0.3 is 6.09 Å². The number of ether oxygens (including phenoxy) is 2. The molecule has 5 rings (SSSR count). The first-order valence-corrected chi connectivity index (χ1v) is 10.7. The van der Waals surface area contributed by atoms with Gasteiger partial charge in [0.05, 0.1) is 23.8 Å². The molecule has 3 aromatic rings. The van der Waals surface area contributed by atoms with Gasteiger partial charge in [-0.1, -0.05) is 0 Å². The molecule has 0 spiro atoms. The van der Waals surface area contributed by atoms with E-state index in [-0.39, 0.29) is 30.4 Å². The Bertz CT molecular complexity index is 1360. The normalized spacial score (nSPS) is 17.4. The van der Waals surface area contributed by atoms with E-state index in [9.17, 15) is 18.8 Å². The molecule has 0 bridgehead atoms. The second-order valence-corrected chi connectivity index (χ2v) is 7.97. The molecule has 0 aliphatic carbocycles. The van der Waals surface area contributed by atoms with Crippen molar-refractivity contribution in [1.29, 1.82) is 0 Å². The Morgan fingerprint density at radius 2 is 2.09 bits per heavy atom. The van der Waals surface area contributed by atoms with Crippen LogP contribution in [0.1, 0.15) is 5.56 Å². The third-order valence-electron chi connectivity index (χ3n) is 5.72. The number of pyridine rings is 1. The summed E-state index contributed by atoms with van der Waals surface area (Å²) in [5, 5.41) is 5.78. The lowest BCUT2D eigenvalue weighted by Gasteiger charge is -2.19. The van der Waals surface area contributed by atoms with Gasteiger partial charge in [-0.3, -0.25) is 14.5 Å². The molecule has 1 atom stereocenters. The number of rotatable bonds is 6. The molecule has 12 heteroatoms. The van der Waals surface area contributed by atoms with E-state index in [1.807, 2.05) is 0 Å². The zero-order valence-electron chi connectivity index (χ0n) is 18.2. The molecule has 2 amide bonds. The average Bonchev–Trinajstić information content (AvgIpc) is 3.20. The van der Waals surface area contributed by atoms with Crippen LogP contribution in [-0.2, 0) is 23.0 Å². The summed E-state index contributed by atoms with van der Waals surface area (Å²) in [7, 11) is 1.58. The number of hydrogen-bond donors (Lipinski definition) is 2. The van der Waals surface area contributed by atoms with Gasteiger partial charge in [-0.2, -0.15) is 0 Å². The summed E-state index contributed by atoms with van der Waals surface area (Å²) in [5.74, 6) is 0.293. The molecule has 2 aliphatic rings. The van der Waals surface area contributed by atoms with Crippen LogP contribution >= 0.6 is 0 Å². The highest BCUT2D eigenvalue weighted by atomic mass is 19.1. The van der Waals surface area contributed by atoms with Gasteiger partial charge in [-0.25, -0.2) is 19.2 Å². The minimum Gasteiger partial charge on any atom is -0.480 e. The van der Waals surface area contributed by atoms with Crippen molar-refractivity contribution in [3.05, 3.63) is 52.2 Å². The number of carbonyl (C=O) groups is 2. The van der Waals surface area contributed by atoms with E-state index in [1.165, 1.54) is 21.7 Å². The van der Waals surface area contributed by atoms with E-state index < -0.39 is 18.0 Å². The number of benzene rings is 1. The van der Waals surface area contributed by atoms with Crippen molar-refractivity contribution in [3.63, 3.8) is 0 Å². The number of nitrogens with zero attached hydrogens (tertiary/aromatic N) is 4. The Balaban J connectivity index is 1.21. The first kappa shape index (κ1) is 21.8. The molecule has 1 fully saturated rings. The summed E-state index contributed by atoms with van der Waals surface area (Å²) in [4.78, 5) is 45.6. The molecule has 1 aromatic carbocycles. The molecule has 1 unspecified atom stereocenters. The van der Waals surface area contributed by atoms with Gasteiger partial charge in [0, 0.05) is 19.2 Å². The lowest BCUT2D eigenvalue weighted by atomic mass is 10.1. The second-order valence-electron chi connectivity index (χ2n) is 7.97. The van der Waals surface area contributed by atoms with E-state index in [2.05, 4.69) is 20.6 Å². The monoisotopic (exact) mass is 468 g/mol. The first-order valence-electron chi connectivity index (χ1n) is 10.7. The third-order valence-corrected chi connectivity index (χ3v) is 5.72. The predicted molar refractivity (Wildman–Crippen MR) is 119 cm³/mol. The molecule has 2 N–H and O–H groups in total. The average molecular weight is 468 g/mol. The van der Waals surface area contributed by atoms with Crippen molar-refractivity contribution >= 4 is 34.7 Å². The van der Waals surface area contributed by atoms with Crippen LogP contribution < -0.4 is 25.8 Å². The summed E-state index contributed by atoms with van der Waals surface area (Å²) < 4.78 is 26.6. The highest BCUT2D eigenvalue weighted by Gasteiger charge is 2.33. The smallest absolute Gasteiger partial charge is 0.416 e. The minimum absolute atomic E-state index is 0.0803. The Hall–Kier alpha value is -4.06. The number of amides is 2. The maximum absolute atomic E-state index is 14.5. The number of fused-ring (bicyclic) bond motifs is 2. The number of anilines is 2. The van der Waals surface area contributed by atoms with Crippen molar-refractivity contribution in [3.8, 4) is 5.75 Å². The SMILES string of the molecule is Cn1c(=O)cnc2ccc(F)c(CCNCC3CN(c4ccc5c(n4)NC(=O)CO5)C(=O)O3)c21. The number of nitrogens with one attached hydrogen (secondary N) is 2. The van der Waals surface area contributed by atoms with Gasteiger partial charge in [-0.15, -0.1) is 0 Å². The van der Waals surface area contributed by atoms with Crippen LogP contribution in [0.5, 0.6) is 5.75 Å². The van der Waals surface area contributed by atoms with Crippen molar-refractivity contribution in [2.75, 3.05) is 36.5 Å². The number of aromatic nitrogens is 3. The van der Waals surface area contributed by atoms with Gasteiger partial charge < -0.3 is 24.7 Å². The maximum Gasteiger partial charge on any atom is 0.416 e. The van der Waals surface area contributed by atoms with E-state index >= 15 is 0 Å². The molecule has 11 nitrogen and oxygen atoms in total. The Morgan fingerprint density at radius 3 is 2.94 bits per heavy atom. The van der Waals surface area contributed by atoms with Gasteiger partial charge in [0.1, 0.15) is 17.7 Å². The number of halogens is 1. The van der Waals surface area contributed by atoms with Crippen molar-refractivity contribution in [2.45, 2.75) is 12.5 Å². The van der Waals surface area contributed by atoms with Crippen LogP contribution in [0.4, 0.5) is 20.8 Å². The number of hydrogen-bond acceptors (Lipinski definition) is 8. The Kier molecular flexibility index (Phi) is 5.57. The second kappa shape index (κ2) is 8.71. The Labute approximate surface area is 192 Å². The quantitative estimate of drug-likeness (QED) is 0.512. The summed E-state index contributed by atoms with van der Waals surface area (Å²) in [6, 6.07) is 6.14. The van der Waals surface area contributed by atoms with Crippen molar-refractivity contribution in [2.24, 2.45) is 7.05 Å². The fourth-order valence-corrected chi connectivity index (χ4v) is 4.03. The molecule has 2 aromatic heterocycles. The van der Waals surface area contributed by atoms with Gasteiger partial charge in [-0.05, 0) is 37.2 Å². The summed E-state index contributed by atoms with van der Waals surface area (Å²) in [5.41, 5.74) is 1.08. The van der Waals surface area contributed by atoms with Crippen molar-refractivity contribution in [1.82, 2.24) is 19.9 Å². The molecular weight excluding hydrogens is 447 g/mol. The number of cyclic esters (lactones) is 1. The lowest BCUT2D eigenvalue weighted by molar-refractivity contribution is -0.118. The van der Waals surface area contributed by atoms with Crippen LogP contribution in [0.2, 0.25) is 0 Å². The first-order chi connectivity index (χ1) is 16.4.